The first-order valence-electron chi connectivity index (χ1n) is 14.7. The predicted molar refractivity (Wildman–Crippen MR) is 165 cm³/mol. The van der Waals surface area contributed by atoms with Crippen molar-refractivity contribution in [3.05, 3.63) is 137 Å². The van der Waals surface area contributed by atoms with Gasteiger partial charge in [0.15, 0.2) is 0 Å². The van der Waals surface area contributed by atoms with E-state index in [1.807, 2.05) is 72.8 Å². The van der Waals surface area contributed by atoms with Crippen molar-refractivity contribution in [2.75, 3.05) is 26.9 Å². The van der Waals surface area contributed by atoms with Crippen molar-refractivity contribution < 1.29 is 42.0 Å². The van der Waals surface area contributed by atoms with Gasteiger partial charge < -0.3 is 28.4 Å². The average Bonchev–Trinajstić information content (AvgIpc) is 3.07. The molecule has 0 saturated heterocycles. The van der Waals surface area contributed by atoms with Gasteiger partial charge in [-0.1, -0.05) is 78.9 Å². The van der Waals surface area contributed by atoms with Gasteiger partial charge >= 0.3 is 6.16 Å². The van der Waals surface area contributed by atoms with E-state index in [1.54, 1.807) is 38.3 Å². The first-order chi connectivity index (χ1) is 21.9. The lowest BCUT2D eigenvalue weighted by Crippen LogP contribution is -2.36. The minimum absolute atomic E-state index is 0.00378. The third kappa shape index (κ3) is 11.0. The fraction of sp³-hybridized carbons (Fsp3) is 0.306. The lowest BCUT2D eigenvalue weighted by molar-refractivity contribution is -0.184. The zero-order chi connectivity index (χ0) is 31.9. The summed E-state index contributed by atoms with van der Waals surface area (Å²) >= 11 is 0. The van der Waals surface area contributed by atoms with Crippen molar-refractivity contribution >= 4 is 6.16 Å². The Hall–Kier alpha value is -4.31. The third-order valence-corrected chi connectivity index (χ3v) is 6.89. The molecule has 3 atom stereocenters. The Bertz CT molecular complexity index is 1440. The molecular weight excluding hydrogens is 582 g/mol. The van der Waals surface area contributed by atoms with Crippen molar-refractivity contribution in [3.8, 4) is 5.75 Å². The number of benzene rings is 4. The number of carbonyl (C=O) groups excluding carboxylic acids is 1. The Balaban J connectivity index is 1.56. The van der Waals surface area contributed by atoms with E-state index in [2.05, 4.69) is 0 Å². The lowest BCUT2D eigenvalue weighted by Gasteiger charge is -2.27. The molecule has 0 N–H and O–H groups in total. The van der Waals surface area contributed by atoms with E-state index in [0.717, 1.165) is 16.7 Å². The zero-order valence-corrected chi connectivity index (χ0v) is 25.4. The molecule has 4 aromatic carbocycles. The summed E-state index contributed by atoms with van der Waals surface area (Å²) in [5, 5.41) is 0. The molecule has 0 heterocycles. The Kier molecular flexibility index (Phi) is 13.3. The number of hydrogen-bond acceptors (Lipinski definition) is 7. The summed E-state index contributed by atoms with van der Waals surface area (Å²) in [6, 6.07) is 30.6. The number of alkyl halides is 1. The molecular formula is C36H38F2O7. The maximum atomic E-state index is 15.7. The maximum absolute atomic E-state index is 15.7. The quantitative estimate of drug-likeness (QED) is 0.112. The summed E-state index contributed by atoms with van der Waals surface area (Å²) < 4.78 is 63.6. The van der Waals surface area contributed by atoms with Crippen molar-refractivity contribution in [2.45, 2.75) is 45.1 Å². The van der Waals surface area contributed by atoms with Gasteiger partial charge in [-0.2, -0.15) is 0 Å². The van der Waals surface area contributed by atoms with Gasteiger partial charge in [-0.05, 0) is 59.0 Å². The van der Waals surface area contributed by atoms with E-state index in [4.69, 9.17) is 28.4 Å². The average molecular weight is 621 g/mol. The number of carbonyl (C=O) groups is 1. The van der Waals surface area contributed by atoms with Crippen LogP contribution in [-0.2, 0) is 43.3 Å². The van der Waals surface area contributed by atoms with Crippen LogP contribution < -0.4 is 4.74 Å². The van der Waals surface area contributed by atoms with Crippen molar-refractivity contribution in [1.82, 2.24) is 0 Å². The van der Waals surface area contributed by atoms with Gasteiger partial charge in [-0.25, -0.2) is 13.6 Å². The highest BCUT2D eigenvalue weighted by molar-refractivity contribution is 5.59. The molecule has 45 heavy (non-hydrogen) atoms. The number of halogens is 2. The second-order valence-corrected chi connectivity index (χ2v) is 10.2. The molecule has 0 fully saturated rings. The normalized spacial score (nSPS) is 13.1. The fourth-order valence-electron chi connectivity index (χ4n) is 4.52. The topological polar surface area (TPSA) is 72.5 Å². The Morgan fingerprint density at radius 3 is 2.09 bits per heavy atom. The van der Waals surface area contributed by atoms with E-state index >= 15 is 8.78 Å². The molecule has 0 aliphatic heterocycles. The smallest absolute Gasteiger partial charge is 0.497 e. The second kappa shape index (κ2) is 17.9. The molecule has 0 aliphatic rings. The van der Waals surface area contributed by atoms with Crippen LogP contribution in [0.15, 0.2) is 103 Å². The Labute approximate surface area is 262 Å². The van der Waals surface area contributed by atoms with Crippen LogP contribution >= 0.6 is 0 Å². The van der Waals surface area contributed by atoms with E-state index < -0.39 is 37.1 Å². The van der Waals surface area contributed by atoms with Crippen molar-refractivity contribution in [1.29, 1.82) is 0 Å². The molecule has 0 bridgehead atoms. The van der Waals surface area contributed by atoms with Crippen LogP contribution in [0.2, 0.25) is 0 Å². The largest absolute Gasteiger partial charge is 0.508 e. The fourth-order valence-corrected chi connectivity index (χ4v) is 4.52. The summed E-state index contributed by atoms with van der Waals surface area (Å²) in [5.74, 6) is 0.304. The first kappa shape index (κ1) is 33.6. The lowest BCUT2D eigenvalue weighted by atomic mass is 10.00. The molecule has 0 saturated carbocycles. The summed E-state index contributed by atoms with van der Waals surface area (Å²) in [5.41, 5.74) is 3.56. The molecule has 0 radical (unpaired) electrons. The molecule has 7 nitrogen and oxygen atoms in total. The van der Waals surface area contributed by atoms with Gasteiger partial charge in [0.25, 0.3) is 0 Å². The molecule has 3 unspecified atom stereocenters. The van der Waals surface area contributed by atoms with Gasteiger partial charge in [0.05, 0.1) is 33.5 Å². The molecule has 9 heteroatoms. The summed E-state index contributed by atoms with van der Waals surface area (Å²) in [4.78, 5) is 12.0. The van der Waals surface area contributed by atoms with Crippen LogP contribution in [0.25, 0.3) is 0 Å². The molecule has 0 spiro atoms. The van der Waals surface area contributed by atoms with Crippen LogP contribution in [0, 0.1) is 5.82 Å². The SMILES string of the molecule is CCOC(=O)OCC(OC(COCc1ccccc1)c1ccc(F)c(Cc2ccc(OC)cc2)c1)C(F)OCc1ccccc1. The minimum atomic E-state index is -1.98. The number of hydrogen-bond donors (Lipinski definition) is 0. The molecule has 238 valence electrons. The molecule has 4 aromatic rings. The highest BCUT2D eigenvalue weighted by Gasteiger charge is 2.30. The van der Waals surface area contributed by atoms with Gasteiger partial charge in [0, 0.05) is 6.42 Å². The second-order valence-electron chi connectivity index (χ2n) is 10.2. The summed E-state index contributed by atoms with van der Waals surface area (Å²) in [7, 11) is 1.58. The van der Waals surface area contributed by atoms with E-state index in [-0.39, 0.29) is 26.4 Å². The van der Waals surface area contributed by atoms with Crippen LogP contribution in [0.1, 0.15) is 40.8 Å². The molecule has 0 aliphatic carbocycles. The number of methoxy groups -OCH3 is 1. The first-order valence-corrected chi connectivity index (χ1v) is 14.7. The Morgan fingerprint density at radius 2 is 1.44 bits per heavy atom. The Morgan fingerprint density at radius 1 is 0.778 bits per heavy atom. The highest BCUT2D eigenvalue weighted by Crippen LogP contribution is 2.27. The minimum Gasteiger partial charge on any atom is -0.497 e. The van der Waals surface area contributed by atoms with Crippen LogP contribution in [0.5, 0.6) is 5.75 Å². The maximum Gasteiger partial charge on any atom is 0.508 e. The number of ether oxygens (including phenoxy) is 6. The van der Waals surface area contributed by atoms with E-state index in [9.17, 15) is 4.79 Å². The standard InChI is InChI=1S/C36H38F2O7/c1-3-42-36(39)44-25-34(35(38)43-23-28-12-8-5-9-13-28)45-33(24-41-22-27-10-6-4-7-11-27)29-16-19-32(37)30(21-29)20-26-14-17-31(40-2)18-15-26/h4-19,21,33-35H,3,20,22-25H2,1-2H3. The third-order valence-electron chi connectivity index (χ3n) is 6.89. The number of rotatable bonds is 17. The molecule has 0 aromatic heterocycles. The predicted octanol–water partition coefficient (Wildman–Crippen LogP) is 7.75. The zero-order valence-electron chi connectivity index (χ0n) is 25.4. The highest BCUT2D eigenvalue weighted by atomic mass is 19.1. The van der Waals surface area contributed by atoms with Crippen LogP contribution in [0.4, 0.5) is 13.6 Å². The van der Waals surface area contributed by atoms with Crippen molar-refractivity contribution in [2.24, 2.45) is 0 Å². The monoisotopic (exact) mass is 620 g/mol. The van der Waals surface area contributed by atoms with Crippen molar-refractivity contribution in [3.63, 3.8) is 0 Å². The van der Waals surface area contributed by atoms with E-state index in [1.165, 1.54) is 6.07 Å². The van der Waals surface area contributed by atoms with Gasteiger partial charge in [-0.3, -0.25) is 0 Å². The van der Waals surface area contributed by atoms with Gasteiger partial charge in [0.2, 0.25) is 6.36 Å². The van der Waals surface area contributed by atoms with Crippen LogP contribution in [-0.4, -0.2) is 45.5 Å². The van der Waals surface area contributed by atoms with Crippen LogP contribution in [0.3, 0.4) is 0 Å². The van der Waals surface area contributed by atoms with E-state index in [0.29, 0.717) is 23.3 Å². The van der Waals surface area contributed by atoms with Gasteiger partial charge in [0.1, 0.15) is 30.4 Å². The molecule has 0 amide bonds. The summed E-state index contributed by atoms with van der Waals surface area (Å²) in [6.45, 7) is 1.49. The summed E-state index contributed by atoms with van der Waals surface area (Å²) in [6.07, 6.45) is -4.84. The van der Waals surface area contributed by atoms with Gasteiger partial charge in [-0.15, -0.1) is 0 Å². The molecule has 4 rings (SSSR count).